The second kappa shape index (κ2) is 6.98. The predicted molar refractivity (Wildman–Crippen MR) is 90.4 cm³/mol. The van der Waals surface area contributed by atoms with Crippen molar-refractivity contribution >= 4 is 17.7 Å². The molecule has 1 aliphatic rings. The molecule has 1 radical (unpaired) electrons. The number of nitrogens with two attached hydrogens (primary N) is 1. The fourth-order valence-corrected chi connectivity index (χ4v) is 2.57. The van der Waals surface area contributed by atoms with Crippen molar-refractivity contribution in [2.75, 3.05) is 38.2 Å². The fourth-order valence-electron chi connectivity index (χ4n) is 2.57. The summed E-state index contributed by atoms with van der Waals surface area (Å²) >= 11 is 0. The first-order chi connectivity index (χ1) is 11.2. The van der Waals surface area contributed by atoms with E-state index in [-0.39, 0.29) is 6.09 Å². The molecule has 7 heteroatoms. The number of ether oxygens (including phenoxy) is 2. The molecule has 2 rings (SSSR count). The molecule has 2 N–H and O–H groups in total. The van der Waals surface area contributed by atoms with Crippen LogP contribution < -0.4 is 15.4 Å². The van der Waals surface area contributed by atoms with E-state index in [1.807, 2.05) is 25.7 Å². The zero-order chi connectivity index (χ0) is 17.9. The maximum absolute atomic E-state index is 12.1. The van der Waals surface area contributed by atoms with Gasteiger partial charge in [0.2, 0.25) is 0 Å². The van der Waals surface area contributed by atoms with E-state index in [0.717, 1.165) is 0 Å². The van der Waals surface area contributed by atoms with Gasteiger partial charge in [-0.3, -0.25) is 4.79 Å². The van der Waals surface area contributed by atoms with Gasteiger partial charge in [0.25, 0.3) is 5.91 Å². The molecule has 0 aliphatic carbocycles. The lowest BCUT2D eigenvalue weighted by Crippen LogP contribution is -2.50. The second-order valence-corrected chi connectivity index (χ2v) is 6.59. The Morgan fingerprint density at radius 2 is 1.83 bits per heavy atom. The van der Waals surface area contributed by atoms with E-state index in [2.05, 4.69) is 6.07 Å². The molecule has 1 heterocycles. The number of benzene rings is 1. The normalized spacial score (nSPS) is 15.2. The van der Waals surface area contributed by atoms with Gasteiger partial charge < -0.3 is 25.0 Å². The Balaban J connectivity index is 2.10. The summed E-state index contributed by atoms with van der Waals surface area (Å²) in [6.45, 7) is 7.63. The largest absolute Gasteiger partial charge is 0.496 e. The lowest BCUT2D eigenvalue weighted by molar-refractivity contribution is 0.0240. The highest BCUT2D eigenvalue weighted by atomic mass is 16.6. The highest BCUT2D eigenvalue weighted by Gasteiger charge is 2.28. The number of rotatable bonds is 3. The van der Waals surface area contributed by atoms with Crippen LogP contribution in [0, 0.1) is 6.07 Å². The Hall–Kier alpha value is -2.44. The Labute approximate surface area is 142 Å². The molecule has 7 nitrogen and oxygen atoms in total. The molecule has 1 fully saturated rings. The smallest absolute Gasteiger partial charge is 0.410 e. The highest BCUT2D eigenvalue weighted by molar-refractivity contribution is 6.01. The molecule has 24 heavy (non-hydrogen) atoms. The SMILES string of the molecule is COc1cc[c]c(N2CCN(C(=O)OC(C)(C)C)CC2)c1C(N)=O. The van der Waals surface area contributed by atoms with Gasteiger partial charge in [0.05, 0.1) is 12.8 Å². The van der Waals surface area contributed by atoms with E-state index in [9.17, 15) is 9.59 Å². The van der Waals surface area contributed by atoms with Crippen molar-refractivity contribution in [3.05, 3.63) is 23.8 Å². The van der Waals surface area contributed by atoms with Crippen LogP contribution in [0.5, 0.6) is 5.75 Å². The van der Waals surface area contributed by atoms with Crippen LogP contribution in [0.25, 0.3) is 0 Å². The zero-order valence-corrected chi connectivity index (χ0v) is 14.6. The summed E-state index contributed by atoms with van der Waals surface area (Å²) in [6, 6.07) is 6.40. The van der Waals surface area contributed by atoms with Crippen molar-refractivity contribution in [3.8, 4) is 5.75 Å². The first-order valence-electron chi connectivity index (χ1n) is 7.84. The molecule has 1 aromatic rings. The summed E-state index contributed by atoms with van der Waals surface area (Å²) in [5.41, 5.74) is 5.89. The van der Waals surface area contributed by atoms with Crippen molar-refractivity contribution in [2.45, 2.75) is 26.4 Å². The topological polar surface area (TPSA) is 85.1 Å². The van der Waals surface area contributed by atoms with Gasteiger partial charge in [-0.05, 0) is 32.9 Å². The summed E-state index contributed by atoms with van der Waals surface area (Å²) in [5.74, 6) is -0.140. The van der Waals surface area contributed by atoms with Crippen molar-refractivity contribution in [1.82, 2.24) is 4.90 Å². The van der Waals surface area contributed by atoms with Crippen LogP contribution in [0.3, 0.4) is 0 Å². The predicted octanol–water partition coefficient (Wildman–Crippen LogP) is 1.65. The van der Waals surface area contributed by atoms with Gasteiger partial charge in [-0.25, -0.2) is 4.79 Å². The quantitative estimate of drug-likeness (QED) is 0.908. The molecule has 0 unspecified atom stereocenters. The van der Waals surface area contributed by atoms with E-state index < -0.39 is 11.5 Å². The summed E-state index contributed by atoms with van der Waals surface area (Å²) in [7, 11) is 1.49. The van der Waals surface area contributed by atoms with Crippen molar-refractivity contribution in [1.29, 1.82) is 0 Å². The lowest BCUT2D eigenvalue weighted by atomic mass is 10.1. The highest BCUT2D eigenvalue weighted by Crippen LogP contribution is 2.29. The Kier molecular flexibility index (Phi) is 5.21. The minimum absolute atomic E-state index is 0.311. The Morgan fingerprint density at radius 1 is 1.21 bits per heavy atom. The summed E-state index contributed by atoms with van der Waals surface area (Å²) in [6.07, 6.45) is -0.327. The van der Waals surface area contributed by atoms with Crippen LogP contribution in [0.15, 0.2) is 12.1 Å². The second-order valence-electron chi connectivity index (χ2n) is 6.59. The number of hydrogen-bond acceptors (Lipinski definition) is 5. The lowest BCUT2D eigenvalue weighted by Gasteiger charge is -2.37. The number of nitrogens with zero attached hydrogens (tertiary/aromatic N) is 2. The molecule has 131 valence electrons. The van der Waals surface area contributed by atoms with E-state index >= 15 is 0 Å². The van der Waals surface area contributed by atoms with Crippen LogP contribution in [0.4, 0.5) is 10.5 Å². The minimum atomic E-state index is -0.562. The van der Waals surface area contributed by atoms with E-state index in [4.69, 9.17) is 15.2 Å². The molecule has 1 aliphatic heterocycles. The van der Waals surface area contributed by atoms with Crippen LogP contribution in [0.1, 0.15) is 31.1 Å². The van der Waals surface area contributed by atoms with Gasteiger partial charge in [-0.15, -0.1) is 0 Å². The van der Waals surface area contributed by atoms with Gasteiger partial charge in [0.1, 0.15) is 16.9 Å². The molecule has 0 bridgehead atoms. The Bertz CT molecular complexity index is 617. The van der Waals surface area contributed by atoms with Crippen molar-refractivity contribution < 1.29 is 19.1 Å². The molecule has 0 saturated carbocycles. The number of carbonyl (C=O) groups is 2. The van der Waals surface area contributed by atoms with Gasteiger partial charge >= 0.3 is 6.09 Å². The fraction of sp³-hybridized carbons (Fsp3) is 0.529. The van der Waals surface area contributed by atoms with Crippen LogP contribution in [-0.2, 0) is 4.74 Å². The number of methoxy groups -OCH3 is 1. The summed E-state index contributed by atoms with van der Waals surface area (Å²) in [4.78, 5) is 27.5. The van der Waals surface area contributed by atoms with Crippen molar-refractivity contribution in [2.24, 2.45) is 5.73 Å². The van der Waals surface area contributed by atoms with Crippen LogP contribution in [0.2, 0.25) is 0 Å². The van der Waals surface area contributed by atoms with Crippen LogP contribution >= 0.6 is 0 Å². The maximum Gasteiger partial charge on any atom is 0.410 e. The minimum Gasteiger partial charge on any atom is -0.496 e. The average molecular weight is 334 g/mol. The van der Waals surface area contributed by atoms with Gasteiger partial charge in [0, 0.05) is 32.2 Å². The number of amides is 2. The first-order valence-corrected chi connectivity index (χ1v) is 7.84. The number of carbonyl (C=O) groups excluding carboxylic acids is 2. The summed E-state index contributed by atoms with van der Waals surface area (Å²) in [5, 5.41) is 0. The van der Waals surface area contributed by atoms with Gasteiger partial charge in [-0.2, -0.15) is 0 Å². The van der Waals surface area contributed by atoms with E-state index in [1.54, 1.807) is 17.0 Å². The molecular weight excluding hydrogens is 310 g/mol. The number of anilines is 1. The number of primary amides is 1. The first kappa shape index (κ1) is 17.9. The van der Waals surface area contributed by atoms with Crippen LogP contribution in [-0.4, -0.2) is 55.8 Å². The monoisotopic (exact) mass is 334 g/mol. The van der Waals surface area contributed by atoms with Gasteiger partial charge in [-0.1, -0.05) is 0 Å². The number of hydrogen-bond donors (Lipinski definition) is 1. The van der Waals surface area contributed by atoms with Crippen molar-refractivity contribution in [3.63, 3.8) is 0 Å². The zero-order valence-electron chi connectivity index (χ0n) is 14.6. The van der Waals surface area contributed by atoms with E-state index in [1.165, 1.54) is 7.11 Å². The third-order valence-electron chi connectivity index (χ3n) is 3.65. The number of piperazine rings is 1. The molecule has 1 saturated heterocycles. The third-order valence-corrected chi connectivity index (χ3v) is 3.65. The molecule has 0 spiro atoms. The molecule has 0 atom stereocenters. The maximum atomic E-state index is 12.1. The van der Waals surface area contributed by atoms with Gasteiger partial charge in [0.15, 0.2) is 0 Å². The van der Waals surface area contributed by atoms with E-state index in [0.29, 0.717) is 43.2 Å². The molecule has 0 aromatic heterocycles. The average Bonchev–Trinajstić information content (AvgIpc) is 2.52. The summed E-state index contributed by atoms with van der Waals surface area (Å²) < 4.78 is 10.6. The Morgan fingerprint density at radius 3 is 2.33 bits per heavy atom. The molecule has 2 amide bonds. The third kappa shape index (κ3) is 4.10. The molecule has 1 aromatic carbocycles. The standard InChI is InChI=1S/C17H24N3O4/c1-17(2,3)24-16(22)20-10-8-19(9-11-20)12-6-5-7-13(23-4)14(12)15(18)21/h5,7H,8-11H2,1-4H3,(H2,18,21). The molecular formula is C17H24N3O4.